The molecule has 4 aromatic rings. The minimum absolute atomic E-state index is 0.123. The molecule has 0 spiro atoms. The van der Waals surface area contributed by atoms with Gasteiger partial charge in [-0.2, -0.15) is 0 Å². The van der Waals surface area contributed by atoms with E-state index in [1.165, 1.54) is 11.8 Å². The van der Waals surface area contributed by atoms with Gasteiger partial charge in [0.25, 0.3) is 5.56 Å². The number of hydrogen-bond donors (Lipinski definition) is 2. The van der Waals surface area contributed by atoms with E-state index in [0.29, 0.717) is 35.3 Å². The van der Waals surface area contributed by atoms with Gasteiger partial charge in [0.15, 0.2) is 0 Å². The lowest BCUT2D eigenvalue weighted by Crippen LogP contribution is -2.36. The summed E-state index contributed by atoms with van der Waals surface area (Å²) in [7, 11) is -1.21. The average Bonchev–Trinajstić information content (AvgIpc) is 2.90. The monoisotopic (exact) mass is 546 g/mol. The summed E-state index contributed by atoms with van der Waals surface area (Å²) in [6.45, 7) is 4.40. The third kappa shape index (κ3) is 6.63. The molecule has 0 atom stereocenters. The van der Waals surface area contributed by atoms with Crippen LogP contribution < -0.4 is 16.2 Å². The number of anilines is 4. The third-order valence-electron chi connectivity index (χ3n) is 7.24. The van der Waals surface area contributed by atoms with Crippen LogP contribution in [0.1, 0.15) is 29.9 Å². The van der Waals surface area contributed by atoms with E-state index in [2.05, 4.69) is 32.7 Å². The summed E-state index contributed by atoms with van der Waals surface area (Å²) >= 11 is 0. The van der Waals surface area contributed by atoms with Gasteiger partial charge in [0, 0.05) is 37.9 Å². The van der Waals surface area contributed by atoms with Crippen molar-refractivity contribution in [2.45, 2.75) is 25.7 Å². The molecule has 0 amide bonds. The SMILES string of the molecule is Cc1ccnc(Nc2cc3ccn(C)c(=O)c3c(Nc3ccc(C4CCN(CCS(C)(=O)=O)CC4)cc3)n2)c1. The second-order valence-electron chi connectivity index (χ2n) is 10.4. The number of piperidine rings is 1. The Kier molecular flexibility index (Phi) is 7.67. The van der Waals surface area contributed by atoms with E-state index in [0.717, 1.165) is 42.6 Å². The zero-order valence-corrected chi connectivity index (χ0v) is 23.3. The first-order valence-corrected chi connectivity index (χ1v) is 15.2. The molecule has 1 aliphatic heterocycles. The van der Waals surface area contributed by atoms with Crippen LogP contribution in [0.2, 0.25) is 0 Å². The van der Waals surface area contributed by atoms with E-state index in [9.17, 15) is 13.2 Å². The van der Waals surface area contributed by atoms with Crippen molar-refractivity contribution in [2.24, 2.45) is 7.05 Å². The molecular weight excluding hydrogens is 512 g/mol. The van der Waals surface area contributed by atoms with Gasteiger partial charge in [0.2, 0.25) is 0 Å². The fourth-order valence-electron chi connectivity index (χ4n) is 5.01. The highest BCUT2D eigenvalue weighted by molar-refractivity contribution is 7.90. The van der Waals surface area contributed by atoms with E-state index in [1.54, 1.807) is 24.0 Å². The van der Waals surface area contributed by atoms with Gasteiger partial charge in [0.1, 0.15) is 27.3 Å². The second kappa shape index (κ2) is 11.2. The first-order valence-electron chi connectivity index (χ1n) is 13.1. The average molecular weight is 547 g/mol. The highest BCUT2D eigenvalue weighted by Gasteiger charge is 2.21. The Hall–Kier alpha value is -3.76. The molecule has 204 valence electrons. The lowest BCUT2D eigenvalue weighted by Gasteiger charge is -2.32. The van der Waals surface area contributed by atoms with Crippen molar-refractivity contribution in [1.82, 2.24) is 19.4 Å². The molecule has 0 unspecified atom stereocenters. The first kappa shape index (κ1) is 26.8. The number of pyridine rings is 3. The molecule has 1 aliphatic rings. The Bertz CT molecular complexity index is 1640. The number of aromatic nitrogens is 3. The molecule has 10 heteroatoms. The van der Waals surface area contributed by atoms with Gasteiger partial charge in [-0.1, -0.05) is 12.1 Å². The van der Waals surface area contributed by atoms with Gasteiger partial charge < -0.3 is 20.1 Å². The van der Waals surface area contributed by atoms with Crippen molar-refractivity contribution in [2.75, 3.05) is 42.3 Å². The van der Waals surface area contributed by atoms with Gasteiger partial charge in [-0.3, -0.25) is 4.79 Å². The van der Waals surface area contributed by atoms with Crippen molar-refractivity contribution in [3.05, 3.63) is 82.4 Å². The normalized spacial score (nSPS) is 14.9. The summed E-state index contributed by atoms with van der Waals surface area (Å²) in [5.41, 5.74) is 3.06. The predicted octanol–water partition coefficient (Wildman–Crippen LogP) is 4.35. The predicted molar refractivity (Wildman–Crippen MR) is 157 cm³/mol. The molecule has 2 N–H and O–H groups in total. The minimum Gasteiger partial charge on any atom is -0.339 e. The van der Waals surface area contributed by atoms with Crippen molar-refractivity contribution in [3.63, 3.8) is 0 Å². The van der Waals surface area contributed by atoms with Gasteiger partial charge in [-0.25, -0.2) is 18.4 Å². The van der Waals surface area contributed by atoms with Crippen LogP contribution in [0.4, 0.5) is 23.1 Å². The van der Waals surface area contributed by atoms with Crippen LogP contribution in [-0.4, -0.2) is 59.5 Å². The van der Waals surface area contributed by atoms with Crippen molar-refractivity contribution in [1.29, 1.82) is 0 Å². The Morgan fingerprint density at radius 3 is 2.44 bits per heavy atom. The molecule has 0 saturated carbocycles. The molecular formula is C29H34N6O3S. The zero-order chi connectivity index (χ0) is 27.6. The summed E-state index contributed by atoms with van der Waals surface area (Å²) in [6, 6.07) is 15.9. The fourth-order valence-corrected chi connectivity index (χ4v) is 5.60. The van der Waals surface area contributed by atoms with Crippen molar-refractivity contribution in [3.8, 4) is 0 Å². The number of nitrogens with zero attached hydrogens (tertiary/aromatic N) is 4. The molecule has 4 heterocycles. The maximum absolute atomic E-state index is 13.1. The quantitative estimate of drug-likeness (QED) is 0.336. The first-order chi connectivity index (χ1) is 18.6. The van der Waals surface area contributed by atoms with E-state index < -0.39 is 9.84 Å². The van der Waals surface area contributed by atoms with Crippen molar-refractivity contribution >= 4 is 43.8 Å². The minimum atomic E-state index is -2.94. The molecule has 1 aromatic carbocycles. The van der Waals surface area contributed by atoms with E-state index in [4.69, 9.17) is 4.98 Å². The number of benzene rings is 1. The molecule has 1 fully saturated rings. The zero-order valence-electron chi connectivity index (χ0n) is 22.5. The van der Waals surface area contributed by atoms with Crippen LogP contribution in [0.5, 0.6) is 0 Å². The summed E-state index contributed by atoms with van der Waals surface area (Å²) < 4.78 is 24.5. The highest BCUT2D eigenvalue weighted by Crippen LogP contribution is 2.31. The van der Waals surface area contributed by atoms with Crippen LogP contribution in [0.3, 0.4) is 0 Å². The summed E-state index contributed by atoms with van der Waals surface area (Å²) in [5, 5.41) is 7.94. The topological polar surface area (TPSA) is 109 Å². The molecule has 0 radical (unpaired) electrons. The fraction of sp³-hybridized carbons (Fsp3) is 0.345. The van der Waals surface area contributed by atoms with Crippen LogP contribution in [0.15, 0.2) is 65.7 Å². The summed E-state index contributed by atoms with van der Waals surface area (Å²) in [5.74, 6) is 2.41. The van der Waals surface area contributed by atoms with Gasteiger partial charge >= 0.3 is 0 Å². The van der Waals surface area contributed by atoms with Gasteiger partial charge in [-0.15, -0.1) is 0 Å². The molecule has 39 heavy (non-hydrogen) atoms. The molecule has 0 aliphatic carbocycles. The van der Waals surface area contributed by atoms with E-state index in [1.807, 2.05) is 43.3 Å². The van der Waals surface area contributed by atoms with Crippen LogP contribution in [0.25, 0.3) is 10.8 Å². The third-order valence-corrected chi connectivity index (χ3v) is 8.17. The number of likely N-dealkylation sites (tertiary alicyclic amines) is 1. The number of nitrogens with one attached hydrogen (secondary N) is 2. The largest absolute Gasteiger partial charge is 0.339 e. The van der Waals surface area contributed by atoms with Gasteiger partial charge in [0.05, 0.1) is 11.1 Å². The molecule has 0 bridgehead atoms. The Labute approximate surface area is 228 Å². The smallest absolute Gasteiger partial charge is 0.261 e. The lowest BCUT2D eigenvalue weighted by atomic mass is 9.89. The van der Waals surface area contributed by atoms with Crippen LogP contribution >= 0.6 is 0 Å². The Morgan fingerprint density at radius 1 is 1.00 bits per heavy atom. The number of aryl methyl sites for hydroxylation is 2. The number of rotatable bonds is 8. The Morgan fingerprint density at radius 2 is 1.74 bits per heavy atom. The van der Waals surface area contributed by atoms with E-state index in [-0.39, 0.29) is 11.3 Å². The highest BCUT2D eigenvalue weighted by atomic mass is 32.2. The Balaban J connectivity index is 1.34. The number of fused-ring (bicyclic) bond motifs is 1. The maximum Gasteiger partial charge on any atom is 0.261 e. The van der Waals surface area contributed by atoms with Crippen LogP contribution in [-0.2, 0) is 16.9 Å². The van der Waals surface area contributed by atoms with Crippen LogP contribution in [0, 0.1) is 6.92 Å². The molecule has 1 saturated heterocycles. The lowest BCUT2D eigenvalue weighted by molar-refractivity contribution is 0.223. The summed E-state index contributed by atoms with van der Waals surface area (Å²) in [6.07, 6.45) is 6.79. The van der Waals surface area contributed by atoms with Gasteiger partial charge in [-0.05, 0) is 91.7 Å². The number of sulfone groups is 1. The number of hydrogen-bond acceptors (Lipinski definition) is 8. The summed E-state index contributed by atoms with van der Waals surface area (Å²) in [4.78, 5) is 24.4. The molecule has 3 aromatic heterocycles. The van der Waals surface area contributed by atoms with Crippen molar-refractivity contribution < 1.29 is 8.42 Å². The second-order valence-corrected chi connectivity index (χ2v) is 12.6. The molecule has 5 rings (SSSR count). The standard InChI is InChI=1S/C29H34N6O3S/c1-20-8-12-30-25(18-20)32-26-19-23-9-13-34(2)29(36)27(23)28(33-26)31-24-6-4-21(5-7-24)22-10-14-35(15-11-22)16-17-39(3,37)38/h4-9,12-13,18-19,22H,10-11,14-17H2,1-3H3,(H2,30,31,32,33). The van der Waals surface area contributed by atoms with E-state index >= 15 is 0 Å². The maximum atomic E-state index is 13.1. The molecule has 9 nitrogen and oxygen atoms in total.